The van der Waals surface area contributed by atoms with E-state index in [0.29, 0.717) is 22.2 Å². The average molecular weight is 375 g/mol. The third-order valence-electron chi connectivity index (χ3n) is 3.00. The maximum absolute atomic E-state index is 10.2. The van der Waals surface area contributed by atoms with Crippen molar-refractivity contribution in [1.82, 2.24) is 0 Å². The van der Waals surface area contributed by atoms with Crippen LogP contribution in [0.4, 0.5) is 5.69 Å². The SMILES string of the molecule is Cc1ccc(Br)cc1NCC(O)c1cc(Cl)ccc1Cl. The van der Waals surface area contributed by atoms with Crippen molar-refractivity contribution in [2.45, 2.75) is 13.0 Å². The third kappa shape index (κ3) is 3.89. The molecule has 0 fully saturated rings. The van der Waals surface area contributed by atoms with Gasteiger partial charge in [0.2, 0.25) is 0 Å². The molecule has 2 aromatic rings. The number of aryl methyl sites for hydroxylation is 1. The van der Waals surface area contributed by atoms with Crippen molar-refractivity contribution in [1.29, 1.82) is 0 Å². The Morgan fingerprint density at radius 2 is 1.95 bits per heavy atom. The minimum Gasteiger partial charge on any atom is -0.387 e. The molecule has 0 bridgehead atoms. The van der Waals surface area contributed by atoms with Crippen molar-refractivity contribution in [3.8, 4) is 0 Å². The number of aliphatic hydroxyl groups excluding tert-OH is 1. The molecule has 0 aliphatic rings. The van der Waals surface area contributed by atoms with Gasteiger partial charge in [-0.25, -0.2) is 0 Å². The molecule has 0 amide bonds. The van der Waals surface area contributed by atoms with E-state index in [1.54, 1.807) is 18.2 Å². The Morgan fingerprint density at radius 3 is 2.70 bits per heavy atom. The summed E-state index contributed by atoms with van der Waals surface area (Å²) in [4.78, 5) is 0. The maximum atomic E-state index is 10.2. The van der Waals surface area contributed by atoms with Gasteiger partial charge in [0, 0.05) is 32.3 Å². The van der Waals surface area contributed by atoms with E-state index in [1.807, 2.05) is 25.1 Å². The average Bonchev–Trinajstić information content (AvgIpc) is 2.42. The van der Waals surface area contributed by atoms with Gasteiger partial charge in [-0.1, -0.05) is 45.2 Å². The number of aliphatic hydroxyl groups is 1. The number of rotatable bonds is 4. The van der Waals surface area contributed by atoms with E-state index in [9.17, 15) is 5.11 Å². The predicted molar refractivity (Wildman–Crippen MR) is 88.8 cm³/mol. The molecule has 0 aromatic heterocycles. The van der Waals surface area contributed by atoms with Crippen LogP contribution in [0.2, 0.25) is 10.0 Å². The van der Waals surface area contributed by atoms with Crippen molar-refractivity contribution in [3.63, 3.8) is 0 Å². The highest BCUT2D eigenvalue weighted by Crippen LogP contribution is 2.27. The van der Waals surface area contributed by atoms with Gasteiger partial charge in [-0.05, 0) is 42.8 Å². The highest BCUT2D eigenvalue weighted by Gasteiger charge is 2.12. The summed E-state index contributed by atoms with van der Waals surface area (Å²) in [5.74, 6) is 0. The quantitative estimate of drug-likeness (QED) is 0.769. The smallest absolute Gasteiger partial charge is 0.0977 e. The molecule has 1 unspecified atom stereocenters. The lowest BCUT2D eigenvalue weighted by Gasteiger charge is -2.16. The second-order valence-electron chi connectivity index (χ2n) is 4.52. The van der Waals surface area contributed by atoms with Crippen LogP contribution in [0.3, 0.4) is 0 Å². The number of hydrogen-bond donors (Lipinski definition) is 2. The Labute approximate surface area is 136 Å². The number of nitrogens with one attached hydrogen (secondary N) is 1. The fourth-order valence-corrected chi connectivity index (χ4v) is 2.66. The summed E-state index contributed by atoms with van der Waals surface area (Å²) in [5, 5.41) is 14.5. The molecular formula is C15H14BrCl2NO. The van der Waals surface area contributed by atoms with Crippen molar-refractivity contribution in [3.05, 3.63) is 62.0 Å². The molecular weight excluding hydrogens is 361 g/mol. The third-order valence-corrected chi connectivity index (χ3v) is 4.08. The van der Waals surface area contributed by atoms with Crippen LogP contribution in [-0.2, 0) is 0 Å². The lowest BCUT2D eigenvalue weighted by molar-refractivity contribution is 0.191. The molecule has 0 spiro atoms. The summed E-state index contributed by atoms with van der Waals surface area (Å²) in [5.41, 5.74) is 2.70. The van der Waals surface area contributed by atoms with E-state index in [4.69, 9.17) is 23.2 Å². The number of hydrogen-bond acceptors (Lipinski definition) is 2. The Hall–Kier alpha value is -0.740. The molecule has 0 saturated heterocycles. The number of halogens is 3. The van der Waals surface area contributed by atoms with Gasteiger partial charge < -0.3 is 10.4 Å². The fraction of sp³-hybridized carbons (Fsp3) is 0.200. The van der Waals surface area contributed by atoms with Crippen molar-refractivity contribution < 1.29 is 5.11 Å². The van der Waals surface area contributed by atoms with Crippen molar-refractivity contribution in [2.24, 2.45) is 0 Å². The summed E-state index contributed by atoms with van der Waals surface area (Å²) >= 11 is 15.4. The molecule has 2 nitrogen and oxygen atoms in total. The molecule has 2 N–H and O–H groups in total. The van der Waals surface area contributed by atoms with E-state index in [2.05, 4.69) is 21.2 Å². The van der Waals surface area contributed by atoms with Crippen molar-refractivity contribution in [2.75, 3.05) is 11.9 Å². The molecule has 1 atom stereocenters. The van der Waals surface area contributed by atoms with Crippen molar-refractivity contribution >= 4 is 44.8 Å². The van der Waals surface area contributed by atoms with Gasteiger partial charge in [-0.15, -0.1) is 0 Å². The number of benzene rings is 2. The van der Waals surface area contributed by atoms with Gasteiger partial charge in [-0.3, -0.25) is 0 Å². The van der Waals surface area contributed by atoms with Gasteiger partial charge in [0.05, 0.1) is 6.10 Å². The molecule has 0 heterocycles. The second kappa shape index (κ2) is 6.81. The monoisotopic (exact) mass is 373 g/mol. The summed E-state index contributed by atoms with van der Waals surface area (Å²) in [7, 11) is 0. The number of anilines is 1. The summed E-state index contributed by atoms with van der Waals surface area (Å²) in [6.07, 6.45) is -0.723. The van der Waals surface area contributed by atoms with Crippen LogP contribution in [0, 0.1) is 6.92 Å². The molecule has 106 valence electrons. The molecule has 0 radical (unpaired) electrons. The van der Waals surface area contributed by atoms with Crippen LogP contribution in [0.15, 0.2) is 40.9 Å². The van der Waals surface area contributed by atoms with Gasteiger partial charge in [0.1, 0.15) is 0 Å². The molecule has 20 heavy (non-hydrogen) atoms. The topological polar surface area (TPSA) is 32.3 Å². The highest BCUT2D eigenvalue weighted by molar-refractivity contribution is 9.10. The van der Waals surface area contributed by atoms with E-state index in [-0.39, 0.29) is 0 Å². The van der Waals surface area contributed by atoms with E-state index in [0.717, 1.165) is 15.7 Å². The standard InChI is InChI=1S/C15H14BrCl2NO/c1-9-2-3-10(16)6-14(9)19-8-15(20)12-7-11(17)4-5-13(12)18/h2-7,15,19-20H,8H2,1H3. The van der Waals surface area contributed by atoms with Crippen LogP contribution >= 0.6 is 39.1 Å². The largest absolute Gasteiger partial charge is 0.387 e. The first-order valence-corrected chi connectivity index (χ1v) is 7.65. The van der Waals surface area contributed by atoms with Crippen LogP contribution in [0.25, 0.3) is 0 Å². The Kier molecular flexibility index (Phi) is 5.33. The minimum absolute atomic E-state index is 0.358. The summed E-state index contributed by atoms with van der Waals surface area (Å²) < 4.78 is 0.987. The normalized spacial score (nSPS) is 12.2. The molecule has 0 saturated carbocycles. The van der Waals surface area contributed by atoms with Gasteiger partial charge in [0.15, 0.2) is 0 Å². The molecule has 0 aliphatic heterocycles. The van der Waals surface area contributed by atoms with Crippen LogP contribution in [0.1, 0.15) is 17.2 Å². The summed E-state index contributed by atoms with van der Waals surface area (Å²) in [6.45, 7) is 2.37. The minimum atomic E-state index is -0.723. The maximum Gasteiger partial charge on any atom is 0.0977 e. The first kappa shape index (κ1) is 15.6. The van der Waals surface area contributed by atoms with Crippen LogP contribution in [-0.4, -0.2) is 11.7 Å². The molecule has 2 aromatic carbocycles. The second-order valence-corrected chi connectivity index (χ2v) is 6.28. The zero-order valence-electron chi connectivity index (χ0n) is 10.8. The first-order chi connectivity index (χ1) is 9.47. The predicted octanol–water partition coefficient (Wildman–Crippen LogP) is 5.21. The van der Waals surface area contributed by atoms with Gasteiger partial charge >= 0.3 is 0 Å². The molecule has 5 heteroatoms. The first-order valence-electron chi connectivity index (χ1n) is 6.10. The Bertz CT molecular complexity index is 619. The Balaban J connectivity index is 2.10. The molecule has 0 aliphatic carbocycles. The lowest BCUT2D eigenvalue weighted by Crippen LogP contribution is -2.13. The molecule has 2 rings (SSSR count). The van der Waals surface area contributed by atoms with Gasteiger partial charge in [0.25, 0.3) is 0 Å². The highest BCUT2D eigenvalue weighted by atomic mass is 79.9. The van der Waals surface area contributed by atoms with E-state index >= 15 is 0 Å². The van der Waals surface area contributed by atoms with Gasteiger partial charge in [-0.2, -0.15) is 0 Å². The van der Waals surface area contributed by atoms with E-state index in [1.165, 1.54) is 0 Å². The zero-order valence-corrected chi connectivity index (χ0v) is 13.9. The summed E-state index contributed by atoms with van der Waals surface area (Å²) in [6, 6.07) is 11.0. The Morgan fingerprint density at radius 1 is 1.20 bits per heavy atom. The van der Waals surface area contributed by atoms with Crippen LogP contribution in [0.5, 0.6) is 0 Å². The fourth-order valence-electron chi connectivity index (χ4n) is 1.87. The van der Waals surface area contributed by atoms with Crippen LogP contribution < -0.4 is 5.32 Å². The zero-order chi connectivity index (χ0) is 14.7. The van der Waals surface area contributed by atoms with E-state index < -0.39 is 6.10 Å². The lowest BCUT2D eigenvalue weighted by atomic mass is 10.1.